The Kier molecular flexibility index (Phi) is 5.03. The predicted octanol–water partition coefficient (Wildman–Crippen LogP) is 3.74. The number of aryl methyl sites for hydroxylation is 1. The molecule has 1 aliphatic carbocycles. The van der Waals surface area contributed by atoms with Crippen molar-refractivity contribution in [1.29, 1.82) is 0 Å². The maximum atomic E-state index is 10.6. The largest absolute Gasteiger partial charge is 0.492 e. The van der Waals surface area contributed by atoms with E-state index in [0.29, 0.717) is 18.4 Å². The molecule has 3 nitrogen and oxygen atoms in total. The topological polar surface area (TPSA) is 42.4 Å². The van der Waals surface area contributed by atoms with Crippen LogP contribution in [0.15, 0.2) is 18.3 Å². The number of aromatic nitrogens is 1. The monoisotopic (exact) mass is 277 g/mol. The molecule has 0 saturated heterocycles. The number of nitrogens with zero attached hydrogens (tertiary/aromatic N) is 1. The van der Waals surface area contributed by atoms with Gasteiger partial charge in [-0.05, 0) is 57.1 Å². The van der Waals surface area contributed by atoms with Gasteiger partial charge in [0.2, 0.25) is 0 Å². The average Bonchev–Trinajstić information content (AvgIpc) is 2.47. The third-order valence-corrected chi connectivity index (χ3v) is 4.77. The van der Waals surface area contributed by atoms with Gasteiger partial charge >= 0.3 is 0 Å². The Morgan fingerprint density at radius 3 is 2.75 bits per heavy atom. The molecular formula is C17H27NO2. The third-order valence-electron chi connectivity index (χ3n) is 4.77. The molecule has 0 radical (unpaired) electrons. The molecule has 0 spiro atoms. The van der Waals surface area contributed by atoms with E-state index in [1.165, 1.54) is 12.8 Å². The molecule has 3 unspecified atom stereocenters. The first-order valence-electron chi connectivity index (χ1n) is 7.80. The van der Waals surface area contributed by atoms with Crippen molar-refractivity contribution < 1.29 is 9.84 Å². The van der Waals surface area contributed by atoms with Gasteiger partial charge in [-0.1, -0.05) is 19.8 Å². The molecule has 1 aromatic rings. The SMILES string of the molecule is CCC(C)(O)C1CCCCC1COc1ccc(C)nc1. The number of hydrogen-bond donors (Lipinski definition) is 1. The van der Waals surface area contributed by atoms with Crippen LogP contribution in [0.25, 0.3) is 0 Å². The van der Waals surface area contributed by atoms with Crippen LogP contribution in [0.5, 0.6) is 5.75 Å². The van der Waals surface area contributed by atoms with Gasteiger partial charge in [-0.3, -0.25) is 4.98 Å². The van der Waals surface area contributed by atoms with Crippen molar-refractivity contribution in [2.75, 3.05) is 6.61 Å². The number of pyridine rings is 1. The quantitative estimate of drug-likeness (QED) is 0.891. The smallest absolute Gasteiger partial charge is 0.137 e. The van der Waals surface area contributed by atoms with E-state index in [9.17, 15) is 5.11 Å². The van der Waals surface area contributed by atoms with E-state index in [2.05, 4.69) is 11.9 Å². The minimum absolute atomic E-state index is 0.347. The van der Waals surface area contributed by atoms with Gasteiger partial charge in [0.25, 0.3) is 0 Å². The van der Waals surface area contributed by atoms with E-state index in [-0.39, 0.29) is 0 Å². The molecule has 0 bridgehead atoms. The van der Waals surface area contributed by atoms with Gasteiger partial charge in [-0.15, -0.1) is 0 Å². The lowest BCUT2D eigenvalue weighted by Crippen LogP contribution is -2.42. The summed E-state index contributed by atoms with van der Waals surface area (Å²) in [7, 11) is 0. The highest BCUT2D eigenvalue weighted by Crippen LogP contribution is 2.39. The van der Waals surface area contributed by atoms with Crippen molar-refractivity contribution in [3.63, 3.8) is 0 Å². The Labute approximate surface area is 122 Å². The normalized spacial score (nSPS) is 26.0. The molecule has 1 N–H and O–H groups in total. The van der Waals surface area contributed by atoms with Crippen molar-refractivity contribution in [3.05, 3.63) is 24.0 Å². The van der Waals surface area contributed by atoms with Gasteiger partial charge in [0.15, 0.2) is 0 Å². The van der Waals surface area contributed by atoms with Crippen LogP contribution in [-0.4, -0.2) is 22.3 Å². The van der Waals surface area contributed by atoms with Crippen molar-refractivity contribution in [2.45, 2.75) is 58.5 Å². The molecule has 20 heavy (non-hydrogen) atoms. The molecule has 0 amide bonds. The van der Waals surface area contributed by atoms with Crippen LogP contribution in [0.4, 0.5) is 0 Å². The highest BCUT2D eigenvalue weighted by Gasteiger charge is 2.38. The second kappa shape index (κ2) is 6.57. The summed E-state index contributed by atoms with van der Waals surface area (Å²) < 4.78 is 5.90. The summed E-state index contributed by atoms with van der Waals surface area (Å²) in [5.74, 6) is 1.62. The molecular weight excluding hydrogens is 250 g/mol. The molecule has 3 atom stereocenters. The minimum Gasteiger partial charge on any atom is -0.492 e. The number of hydrogen-bond acceptors (Lipinski definition) is 3. The second-order valence-electron chi connectivity index (χ2n) is 6.31. The van der Waals surface area contributed by atoms with E-state index in [4.69, 9.17) is 4.74 Å². The number of rotatable bonds is 5. The van der Waals surface area contributed by atoms with Crippen LogP contribution >= 0.6 is 0 Å². The minimum atomic E-state index is -0.569. The lowest BCUT2D eigenvalue weighted by molar-refractivity contribution is -0.0542. The Bertz CT molecular complexity index is 414. The Hall–Kier alpha value is -1.09. The van der Waals surface area contributed by atoms with E-state index >= 15 is 0 Å². The molecule has 0 aromatic carbocycles. The fraction of sp³-hybridized carbons (Fsp3) is 0.706. The second-order valence-corrected chi connectivity index (χ2v) is 6.31. The first-order valence-corrected chi connectivity index (χ1v) is 7.80. The summed E-state index contributed by atoms with van der Waals surface area (Å²) in [6.45, 7) is 6.70. The van der Waals surface area contributed by atoms with Gasteiger partial charge in [-0.2, -0.15) is 0 Å². The molecule has 1 aliphatic rings. The molecule has 0 aliphatic heterocycles. The maximum absolute atomic E-state index is 10.6. The lowest BCUT2D eigenvalue weighted by atomic mass is 9.70. The Morgan fingerprint density at radius 1 is 1.35 bits per heavy atom. The molecule has 112 valence electrons. The maximum Gasteiger partial charge on any atom is 0.137 e. The Morgan fingerprint density at radius 2 is 2.10 bits per heavy atom. The van der Waals surface area contributed by atoms with Crippen molar-refractivity contribution in [1.82, 2.24) is 4.98 Å². The summed E-state index contributed by atoms with van der Waals surface area (Å²) in [6, 6.07) is 3.94. The van der Waals surface area contributed by atoms with Crippen LogP contribution in [0.1, 0.15) is 51.6 Å². The summed E-state index contributed by atoms with van der Waals surface area (Å²) in [4.78, 5) is 4.25. The van der Waals surface area contributed by atoms with Gasteiger partial charge in [-0.25, -0.2) is 0 Å². The van der Waals surface area contributed by atoms with E-state index in [1.807, 2.05) is 26.0 Å². The average molecular weight is 277 g/mol. The highest BCUT2D eigenvalue weighted by molar-refractivity contribution is 5.19. The van der Waals surface area contributed by atoms with Gasteiger partial charge in [0.1, 0.15) is 5.75 Å². The summed E-state index contributed by atoms with van der Waals surface area (Å²) in [6.07, 6.45) is 7.33. The summed E-state index contributed by atoms with van der Waals surface area (Å²) in [5.41, 5.74) is 0.432. The van der Waals surface area contributed by atoms with Crippen LogP contribution in [0, 0.1) is 18.8 Å². The van der Waals surface area contributed by atoms with E-state index in [0.717, 1.165) is 30.7 Å². The molecule has 1 saturated carbocycles. The van der Waals surface area contributed by atoms with Crippen LogP contribution in [-0.2, 0) is 0 Å². The fourth-order valence-electron chi connectivity index (χ4n) is 3.23. The number of ether oxygens (including phenoxy) is 1. The molecule has 3 heteroatoms. The standard InChI is InChI=1S/C17H27NO2/c1-4-17(3,19)16-8-6-5-7-14(16)12-20-15-10-9-13(2)18-11-15/h9-11,14,16,19H,4-8,12H2,1-3H3. The lowest BCUT2D eigenvalue weighted by Gasteiger charge is -2.40. The first-order chi connectivity index (χ1) is 9.53. The zero-order chi connectivity index (χ0) is 14.6. The van der Waals surface area contributed by atoms with Crippen molar-refractivity contribution in [2.24, 2.45) is 11.8 Å². The van der Waals surface area contributed by atoms with Crippen LogP contribution in [0.3, 0.4) is 0 Å². The zero-order valence-corrected chi connectivity index (χ0v) is 12.9. The Balaban J connectivity index is 1.97. The predicted molar refractivity (Wildman–Crippen MR) is 80.8 cm³/mol. The van der Waals surface area contributed by atoms with Crippen molar-refractivity contribution in [3.8, 4) is 5.75 Å². The zero-order valence-electron chi connectivity index (χ0n) is 12.9. The van der Waals surface area contributed by atoms with Crippen LogP contribution < -0.4 is 4.74 Å². The van der Waals surface area contributed by atoms with Gasteiger partial charge in [0, 0.05) is 5.69 Å². The highest BCUT2D eigenvalue weighted by atomic mass is 16.5. The van der Waals surface area contributed by atoms with E-state index < -0.39 is 5.60 Å². The molecule has 1 heterocycles. The molecule has 1 aromatic heterocycles. The summed E-state index contributed by atoms with van der Waals surface area (Å²) in [5, 5.41) is 10.6. The fourth-order valence-corrected chi connectivity index (χ4v) is 3.23. The molecule has 1 fully saturated rings. The van der Waals surface area contributed by atoms with Crippen molar-refractivity contribution >= 4 is 0 Å². The number of aliphatic hydroxyl groups is 1. The summed E-state index contributed by atoms with van der Waals surface area (Å²) >= 11 is 0. The van der Waals surface area contributed by atoms with Gasteiger partial charge < -0.3 is 9.84 Å². The van der Waals surface area contributed by atoms with Gasteiger partial charge in [0.05, 0.1) is 18.4 Å². The third kappa shape index (κ3) is 3.72. The first kappa shape index (κ1) is 15.3. The van der Waals surface area contributed by atoms with Crippen LogP contribution in [0.2, 0.25) is 0 Å². The van der Waals surface area contributed by atoms with E-state index in [1.54, 1.807) is 6.20 Å². The molecule has 2 rings (SSSR count).